The van der Waals surface area contributed by atoms with Gasteiger partial charge in [0.25, 0.3) is 10.1 Å². The Kier molecular flexibility index (Phi) is 26.1. The van der Waals surface area contributed by atoms with Crippen LogP contribution in [0.3, 0.4) is 0 Å². The lowest BCUT2D eigenvalue weighted by Gasteiger charge is -2.50. The fourth-order valence-corrected chi connectivity index (χ4v) is 14.0. The van der Waals surface area contributed by atoms with E-state index in [1.165, 1.54) is 24.3 Å². The van der Waals surface area contributed by atoms with Crippen molar-refractivity contribution >= 4 is 20.9 Å². The van der Waals surface area contributed by atoms with Crippen LogP contribution >= 0.6 is 0 Å². The van der Waals surface area contributed by atoms with Crippen molar-refractivity contribution in [1.82, 2.24) is 0 Å². The van der Waals surface area contributed by atoms with Crippen molar-refractivity contribution in [2.45, 2.75) is 251 Å². The Morgan fingerprint density at radius 2 is 0.471 bits per heavy atom. The molecule has 2 aromatic carbocycles. The molecule has 30 saturated heterocycles. The minimum Gasteiger partial charge on any atom is -0.491 e. The lowest BCUT2D eigenvalue weighted by molar-refractivity contribution is -0.404. The monoisotopic (exact) mass is 1500 g/mol. The quantitative estimate of drug-likeness (QED) is 0.0929. The predicted octanol–water partition coefficient (Wildman–Crippen LogP) is -14.9. The largest absolute Gasteiger partial charge is 0.491 e. The molecule has 30 aliphatic rings. The average Bonchev–Trinajstić information content (AvgIpc) is 0.775. The highest BCUT2D eigenvalue weighted by molar-refractivity contribution is 7.85. The summed E-state index contributed by atoms with van der Waals surface area (Å²) in [5.41, 5.74) is 0. The molecule has 0 saturated carbocycles. The zero-order valence-electron chi connectivity index (χ0n) is 53.1. The molecule has 0 radical (unpaired) electrons. The van der Waals surface area contributed by atoms with Crippen LogP contribution < -0.4 is 4.74 Å². The Morgan fingerprint density at radius 3 is 0.686 bits per heavy atom. The second-order valence-corrected chi connectivity index (χ2v) is 27.2. The summed E-state index contributed by atoms with van der Waals surface area (Å²) in [5.74, 6) is -0.0572. The zero-order chi connectivity index (χ0) is 73.8. The molecule has 40 atom stereocenters. The first-order chi connectivity index (χ1) is 48.5. The van der Waals surface area contributed by atoms with E-state index in [0.717, 1.165) is 12.1 Å². The second-order valence-electron chi connectivity index (χ2n) is 25.7. The summed E-state index contributed by atoms with van der Waals surface area (Å²) in [5, 5.41) is 260. The maximum atomic E-state index is 12.0. The van der Waals surface area contributed by atoms with Gasteiger partial charge in [0.2, 0.25) is 0 Å². The van der Waals surface area contributed by atoms with Gasteiger partial charge in [-0.15, -0.1) is 0 Å². The summed E-state index contributed by atoms with van der Waals surface area (Å²) in [7, 11) is -4.71. The average molecular weight is 1500 g/mol. The van der Waals surface area contributed by atoms with Crippen LogP contribution in [-0.2, 0) is 85.9 Å². The smallest absolute Gasteiger partial charge is 0.294 e. The van der Waals surface area contributed by atoms with E-state index in [4.69, 9.17) is 80.5 Å². The van der Waals surface area contributed by atoms with E-state index in [0.29, 0.717) is 5.39 Å². The van der Waals surface area contributed by atoms with Crippen LogP contribution in [0.25, 0.3) is 10.8 Å². The van der Waals surface area contributed by atoms with Crippen molar-refractivity contribution in [2.75, 3.05) is 52.9 Å². The fraction of sp³-hybridized carbons (Fsp3) is 0.828. The van der Waals surface area contributed by atoms with Gasteiger partial charge in [-0.1, -0.05) is 12.1 Å². The molecule has 102 heavy (non-hydrogen) atoms. The number of hydrogen-bond donors (Lipinski definition) is 24. The molecule has 0 aromatic heterocycles. The first-order valence-corrected chi connectivity index (χ1v) is 33.7. The van der Waals surface area contributed by atoms with Crippen LogP contribution in [0.1, 0.15) is 0 Å². The first-order valence-electron chi connectivity index (χ1n) is 32.3. The van der Waals surface area contributed by atoms with E-state index in [1.807, 2.05) is 0 Å². The number of aliphatic hydroxyl groups excluding tert-OH is 23. The Bertz CT molecular complexity index is 3110. The Balaban J connectivity index is 0.881. The van der Waals surface area contributed by atoms with Gasteiger partial charge in [0.15, 0.2) is 50.3 Å². The minimum atomic E-state index is -4.71. The summed E-state index contributed by atoms with van der Waals surface area (Å²) in [6.07, 6.45) is -83.9. The number of fused-ring (bicyclic) bond motifs is 1. The number of aliphatic hydroxyl groups is 23. The van der Waals surface area contributed by atoms with E-state index >= 15 is 0 Å². The summed E-state index contributed by atoms with van der Waals surface area (Å²) in [6, 6.07) is 7.79. The third kappa shape index (κ3) is 16.0. The number of ether oxygens (including phenoxy) is 17. The molecule has 30 heterocycles. The van der Waals surface area contributed by atoms with Gasteiger partial charge in [0.05, 0.1) is 51.1 Å². The van der Waals surface area contributed by atoms with Crippen molar-refractivity contribution in [1.29, 1.82) is 0 Å². The van der Waals surface area contributed by atoms with Gasteiger partial charge in [-0.25, -0.2) is 0 Å². The van der Waals surface area contributed by atoms with E-state index in [-0.39, 0.29) is 11.1 Å². The van der Waals surface area contributed by atoms with E-state index in [9.17, 15) is 130 Å². The molecule has 43 nitrogen and oxygen atoms in total. The lowest BCUT2D eigenvalue weighted by Crippen LogP contribution is -2.69. The molecule has 0 amide bonds. The van der Waals surface area contributed by atoms with E-state index in [2.05, 4.69) is 0 Å². The van der Waals surface area contributed by atoms with Gasteiger partial charge in [-0.3, -0.25) is 4.55 Å². The molecule has 44 heteroatoms. The van der Waals surface area contributed by atoms with Gasteiger partial charge in [0, 0.05) is 0 Å². The maximum absolute atomic E-state index is 12.0. The Labute approximate surface area is 575 Å². The molecular weight excluding hydrogens is 1420 g/mol. The first kappa shape index (κ1) is 79.9. The number of hydrogen-bond acceptors (Lipinski definition) is 42. The summed E-state index contributed by atoms with van der Waals surface area (Å²) >= 11 is 0. The normalized spacial score (nSPS) is 49.5. The highest BCUT2D eigenvalue weighted by Crippen LogP contribution is 2.40. The van der Waals surface area contributed by atoms with Gasteiger partial charge < -0.3 is 198 Å². The standard InChI is InChI=1S/C58H86O43S/c59-7-19-43-27(66)35(74)51(86-19)95-44-20(8-60)88-53(37(76)29(44)68)97-46-22(10-62)90-55(39(78)31(46)70)99-48-24(12-64)92-57(41(80)33(48)72)101-50-26(14-85-17-3-1-15-2-4-18(102(82,83)84)6-16(15)5-17)93-58(42(81)34(50)73)100-49-25(13-65)91-56(40(79)32(49)71)98-47-23(11-63)89-54(38(77)30(47)69)96-45-21(9-61)87-52(94-43)36(75)28(45)67/h1-6,19-81H,7-14H2,(H,82,83,84)/t19-,20+,21-,22+,23-,24+,25-,26+,27+,28+,29+,30+,31+,32+,33-,34+,35+,36+,37+,38+,39+,40+,41+,42+,43+,44+,45+,46+,47+,48+,49+,50+,51+,52+,53+,54+,55+,56+,57+,58+/m0/s1. The van der Waals surface area contributed by atoms with Crippen LogP contribution in [0.4, 0.5) is 0 Å². The van der Waals surface area contributed by atoms with Crippen molar-refractivity contribution in [3.8, 4) is 5.75 Å². The van der Waals surface area contributed by atoms with Crippen LogP contribution in [0.15, 0.2) is 41.3 Å². The van der Waals surface area contributed by atoms with E-state index in [1.54, 1.807) is 0 Å². The minimum absolute atomic E-state index is 0.0572. The highest BCUT2D eigenvalue weighted by Gasteiger charge is 2.60. The molecule has 30 aliphatic heterocycles. The molecule has 0 aliphatic carbocycles. The van der Waals surface area contributed by atoms with Gasteiger partial charge in [-0.2, -0.15) is 8.42 Å². The second kappa shape index (κ2) is 33.4. The number of rotatable bonds is 11. The lowest BCUT2D eigenvalue weighted by atomic mass is 9.94. The number of benzene rings is 2. The van der Waals surface area contributed by atoms with Gasteiger partial charge >= 0.3 is 0 Å². The van der Waals surface area contributed by atoms with Crippen LogP contribution in [0.2, 0.25) is 0 Å². The Hall–Kier alpha value is -3.15. The molecule has 16 bridgehead atoms. The third-order valence-corrected chi connectivity index (χ3v) is 20.1. The SMILES string of the molecule is O=S(=O)(O)c1ccc2ccc(OC[C@H]3O[C@@H]4O[C@H]5[C@H](O)[C@@H](O)[C@@H](O[C@H]6[C@H](O)[C@@H](O)[C@@H](O[C@H]7[C@H](O)[C@@H](O)[C@@H](O[C@H]8[C@H](O)[C@@H](O)[C@@H](O[C@H]9[C@H](O)[C@@H](O)[C@@H](O[C@H]%10[C@H](O)[C@@H](O)[C@@H](O[C@H]%11[C@@H](O)[C@@H](O)[C@@H](O[C@H]3[C@H](O)[C@H]4O)O[C@@H]%11CO)O[C@@H]%10CO)O[C@@H]9CO)O[C@H]8CO)O[C@H]7CO)O[C@H]6CO)O[C@H]5CO)cc2c1. The van der Waals surface area contributed by atoms with Crippen molar-refractivity contribution in [2.24, 2.45) is 0 Å². The molecular formula is C58H86O43S. The zero-order valence-corrected chi connectivity index (χ0v) is 53.9. The summed E-state index contributed by atoms with van der Waals surface area (Å²) < 4.78 is 133. The van der Waals surface area contributed by atoms with Crippen molar-refractivity contribution in [3.05, 3.63) is 36.4 Å². The predicted molar refractivity (Wildman–Crippen MR) is 313 cm³/mol. The molecule has 32 rings (SSSR count). The van der Waals surface area contributed by atoms with Crippen molar-refractivity contribution in [3.63, 3.8) is 0 Å². The molecule has 0 spiro atoms. The molecule has 582 valence electrons. The van der Waals surface area contributed by atoms with Crippen molar-refractivity contribution < 1.29 is 211 Å². The molecule has 0 unspecified atom stereocenters. The highest BCUT2D eigenvalue weighted by atomic mass is 32.2. The van der Waals surface area contributed by atoms with Crippen LogP contribution in [0, 0.1) is 0 Å². The van der Waals surface area contributed by atoms with Gasteiger partial charge in [0.1, 0.15) is 208 Å². The van der Waals surface area contributed by atoms with Crippen LogP contribution in [-0.4, -0.2) is 429 Å². The Morgan fingerprint density at radius 1 is 0.265 bits per heavy atom. The molecule has 2 aromatic rings. The topological polar surface area (TPSA) is 677 Å². The fourth-order valence-electron chi connectivity index (χ4n) is 13.5. The summed E-state index contributed by atoms with van der Waals surface area (Å²) in [4.78, 5) is -0.498. The maximum Gasteiger partial charge on any atom is 0.294 e. The summed E-state index contributed by atoms with van der Waals surface area (Å²) in [6.45, 7) is -8.57. The van der Waals surface area contributed by atoms with Gasteiger partial charge in [-0.05, 0) is 35.0 Å². The molecule has 24 N–H and O–H groups in total. The van der Waals surface area contributed by atoms with E-state index < -0.39 is 314 Å². The molecule has 30 fully saturated rings. The third-order valence-electron chi connectivity index (χ3n) is 19.2. The van der Waals surface area contributed by atoms with Crippen LogP contribution in [0.5, 0.6) is 5.75 Å².